The Labute approximate surface area is 103 Å². The number of carboxylic acids is 1. The molecule has 0 aliphatic rings. The molecule has 0 radical (unpaired) electrons. The van der Waals surface area contributed by atoms with E-state index in [0.717, 1.165) is 0 Å². The molecule has 0 saturated heterocycles. The van der Waals surface area contributed by atoms with Crippen LogP contribution in [0.1, 0.15) is 16.8 Å². The molecule has 0 amide bonds. The van der Waals surface area contributed by atoms with E-state index >= 15 is 0 Å². The van der Waals surface area contributed by atoms with Crippen molar-refractivity contribution < 1.29 is 44.3 Å². The van der Waals surface area contributed by atoms with Gasteiger partial charge in [-0.15, -0.1) is 0 Å². The van der Waals surface area contributed by atoms with Gasteiger partial charge in [-0.1, -0.05) is 0 Å². The fraction of sp³-hybridized carbons (Fsp3) is 0.125. The van der Waals surface area contributed by atoms with Gasteiger partial charge in [0.15, 0.2) is 5.78 Å². The standard InChI is InChI=1S/C8H8N2O3.Na/c9-8-5(2-1-3-10-8)6(11)4-7(12)13;/h1-3H,4H2,(H2,9,10)(H,12,13);/q;+1/p-1. The molecule has 0 bridgehead atoms. The molecule has 1 aromatic rings. The van der Waals surface area contributed by atoms with Gasteiger partial charge in [0.25, 0.3) is 0 Å². The van der Waals surface area contributed by atoms with Crippen molar-refractivity contribution in [1.29, 1.82) is 0 Å². The average Bonchev–Trinajstić information content (AvgIpc) is 2.03. The molecule has 0 aliphatic heterocycles. The zero-order valence-electron chi connectivity index (χ0n) is 7.69. The van der Waals surface area contributed by atoms with E-state index in [0.29, 0.717) is 0 Å². The van der Waals surface area contributed by atoms with E-state index in [1.54, 1.807) is 0 Å². The van der Waals surface area contributed by atoms with Crippen molar-refractivity contribution in [2.45, 2.75) is 6.42 Å². The maximum Gasteiger partial charge on any atom is 1.00 e. The van der Waals surface area contributed by atoms with Crippen LogP contribution in [-0.4, -0.2) is 16.7 Å². The number of anilines is 1. The van der Waals surface area contributed by atoms with Crippen LogP contribution in [0, 0.1) is 0 Å². The zero-order chi connectivity index (χ0) is 9.84. The van der Waals surface area contributed by atoms with Crippen LogP contribution in [0.5, 0.6) is 0 Å². The van der Waals surface area contributed by atoms with Gasteiger partial charge in [0, 0.05) is 12.2 Å². The van der Waals surface area contributed by atoms with Crippen molar-refractivity contribution >= 4 is 17.6 Å². The molecule has 0 fully saturated rings. The molecule has 1 heterocycles. The Morgan fingerprint density at radius 2 is 2.14 bits per heavy atom. The first-order valence-corrected chi connectivity index (χ1v) is 3.55. The van der Waals surface area contributed by atoms with Crippen molar-refractivity contribution in [2.75, 3.05) is 5.73 Å². The smallest absolute Gasteiger partial charge is 0.550 e. The van der Waals surface area contributed by atoms with Crippen molar-refractivity contribution in [3.63, 3.8) is 0 Å². The molecule has 14 heavy (non-hydrogen) atoms. The van der Waals surface area contributed by atoms with E-state index in [-0.39, 0.29) is 40.9 Å². The summed E-state index contributed by atoms with van der Waals surface area (Å²) in [7, 11) is 0. The molecule has 0 unspecified atom stereocenters. The van der Waals surface area contributed by atoms with Crippen LogP contribution in [-0.2, 0) is 4.79 Å². The predicted molar refractivity (Wildman–Crippen MR) is 42.6 cm³/mol. The maximum absolute atomic E-state index is 11.1. The summed E-state index contributed by atoms with van der Waals surface area (Å²) in [5.41, 5.74) is 5.47. The Morgan fingerprint density at radius 1 is 1.50 bits per heavy atom. The topological polar surface area (TPSA) is 96.1 Å². The third-order valence-electron chi connectivity index (χ3n) is 1.44. The normalized spacial score (nSPS) is 8.86. The van der Waals surface area contributed by atoms with E-state index in [2.05, 4.69) is 4.98 Å². The van der Waals surface area contributed by atoms with E-state index in [1.807, 2.05) is 0 Å². The minimum absolute atomic E-state index is 0. The van der Waals surface area contributed by atoms with Crippen LogP contribution in [0.25, 0.3) is 0 Å². The largest absolute Gasteiger partial charge is 1.00 e. The van der Waals surface area contributed by atoms with Gasteiger partial charge in [0.2, 0.25) is 0 Å². The number of Topliss-reactive ketones (excluding diaryl/α,β-unsaturated/α-hetero) is 1. The number of nitrogen functional groups attached to an aromatic ring is 1. The van der Waals surface area contributed by atoms with Crippen LogP contribution in [0.4, 0.5) is 5.82 Å². The Kier molecular flexibility index (Phi) is 5.37. The maximum atomic E-state index is 11.1. The number of pyridine rings is 1. The monoisotopic (exact) mass is 202 g/mol. The summed E-state index contributed by atoms with van der Waals surface area (Å²) < 4.78 is 0. The second-order valence-corrected chi connectivity index (χ2v) is 2.41. The molecule has 1 rings (SSSR count). The van der Waals surface area contributed by atoms with Gasteiger partial charge in [-0.05, 0) is 12.1 Å². The molecule has 0 aromatic carbocycles. The second-order valence-electron chi connectivity index (χ2n) is 2.41. The van der Waals surface area contributed by atoms with Gasteiger partial charge >= 0.3 is 29.6 Å². The molecule has 5 nitrogen and oxygen atoms in total. The minimum Gasteiger partial charge on any atom is -0.550 e. The number of nitrogens with two attached hydrogens (primary N) is 1. The van der Waals surface area contributed by atoms with Crippen molar-refractivity contribution in [3.8, 4) is 0 Å². The van der Waals surface area contributed by atoms with E-state index in [1.165, 1.54) is 18.3 Å². The first-order chi connectivity index (χ1) is 6.11. The molecular weight excluding hydrogens is 195 g/mol. The van der Waals surface area contributed by atoms with Gasteiger partial charge in [-0.2, -0.15) is 0 Å². The number of rotatable bonds is 3. The molecule has 6 heteroatoms. The van der Waals surface area contributed by atoms with Crippen molar-refractivity contribution in [1.82, 2.24) is 4.98 Å². The number of carbonyl (C=O) groups is 2. The molecule has 0 saturated carbocycles. The Balaban J connectivity index is 0.00000169. The van der Waals surface area contributed by atoms with Crippen LogP contribution < -0.4 is 40.4 Å². The first kappa shape index (κ1) is 13.1. The fourth-order valence-electron chi connectivity index (χ4n) is 0.880. The molecule has 0 aliphatic carbocycles. The molecular formula is C8H7N2NaO3. The number of hydrogen-bond donors (Lipinski definition) is 1. The van der Waals surface area contributed by atoms with Gasteiger partial charge in [-0.3, -0.25) is 4.79 Å². The molecule has 68 valence electrons. The number of hydrogen-bond acceptors (Lipinski definition) is 5. The molecule has 1 aromatic heterocycles. The Bertz CT molecular complexity index is 354. The molecule has 0 atom stereocenters. The molecule has 2 N–H and O–H groups in total. The second kappa shape index (κ2) is 5.74. The third-order valence-corrected chi connectivity index (χ3v) is 1.44. The van der Waals surface area contributed by atoms with Crippen LogP contribution in [0.15, 0.2) is 18.3 Å². The summed E-state index contributed by atoms with van der Waals surface area (Å²) in [6.07, 6.45) is 0.751. The third kappa shape index (κ3) is 3.45. The number of carbonyl (C=O) groups excluding carboxylic acids is 2. The van der Waals surface area contributed by atoms with E-state index in [9.17, 15) is 14.7 Å². The van der Waals surface area contributed by atoms with Gasteiger partial charge in [-0.25, -0.2) is 4.98 Å². The molecule has 0 spiro atoms. The summed E-state index contributed by atoms with van der Waals surface area (Å²) in [4.78, 5) is 24.9. The van der Waals surface area contributed by atoms with Gasteiger partial charge in [0.05, 0.1) is 12.0 Å². The van der Waals surface area contributed by atoms with Gasteiger partial charge in [0.1, 0.15) is 5.82 Å². The first-order valence-electron chi connectivity index (χ1n) is 3.55. The summed E-state index contributed by atoms with van der Waals surface area (Å²) in [5.74, 6) is -1.98. The predicted octanol–water partition coefficient (Wildman–Crippen LogP) is -4.01. The number of aromatic nitrogens is 1. The van der Waals surface area contributed by atoms with Crippen molar-refractivity contribution in [2.24, 2.45) is 0 Å². The Hall–Kier alpha value is -0.910. The summed E-state index contributed by atoms with van der Waals surface area (Å²) in [6.45, 7) is 0. The Morgan fingerprint density at radius 3 is 2.64 bits per heavy atom. The number of ketones is 1. The number of carboxylic acid groups (broad SMARTS) is 1. The minimum atomic E-state index is -1.42. The summed E-state index contributed by atoms with van der Waals surface area (Å²) in [6, 6.07) is 2.94. The SMILES string of the molecule is Nc1ncccc1C(=O)CC(=O)[O-].[Na+]. The van der Waals surface area contributed by atoms with Crippen LogP contribution in [0.3, 0.4) is 0 Å². The zero-order valence-corrected chi connectivity index (χ0v) is 9.69. The van der Waals surface area contributed by atoms with Gasteiger partial charge < -0.3 is 15.6 Å². The quantitative estimate of drug-likeness (QED) is 0.306. The average molecular weight is 202 g/mol. The number of nitrogens with zero attached hydrogens (tertiary/aromatic N) is 1. The van der Waals surface area contributed by atoms with Crippen molar-refractivity contribution in [3.05, 3.63) is 23.9 Å². The van der Waals surface area contributed by atoms with Crippen LogP contribution in [0.2, 0.25) is 0 Å². The summed E-state index contributed by atoms with van der Waals surface area (Å²) >= 11 is 0. The van der Waals surface area contributed by atoms with E-state index in [4.69, 9.17) is 5.73 Å². The van der Waals surface area contributed by atoms with E-state index < -0.39 is 18.2 Å². The fourth-order valence-corrected chi connectivity index (χ4v) is 0.880. The number of aliphatic carboxylic acids is 1. The summed E-state index contributed by atoms with van der Waals surface area (Å²) in [5, 5.41) is 10.1. The van der Waals surface area contributed by atoms with Crippen LogP contribution >= 0.6 is 0 Å².